The normalized spacial score (nSPS) is 11.6. The molecule has 0 unspecified atom stereocenters. The van der Waals surface area contributed by atoms with E-state index in [1.165, 1.54) is 10.7 Å². The van der Waals surface area contributed by atoms with Crippen LogP contribution in [0.3, 0.4) is 0 Å². The van der Waals surface area contributed by atoms with E-state index in [0.29, 0.717) is 0 Å². The van der Waals surface area contributed by atoms with Gasteiger partial charge in [-0.15, -0.1) is 0 Å². The number of hydrogen-bond acceptors (Lipinski definition) is 2. The van der Waals surface area contributed by atoms with Crippen LogP contribution < -0.4 is 5.30 Å². The third-order valence-electron chi connectivity index (χ3n) is 3.18. The summed E-state index contributed by atoms with van der Waals surface area (Å²) in [5.74, 6) is 0. The van der Waals surface area contributed by atoms with Gasteiger partial charge in [-0.2, -0.15) is 0 Å². The van der Waals surface area contributed by atoms with Crippen LogP contribution in [0.15, 0.2) is 30.5 Å². The predicted octanol–water partition coefficient (Wildman–Crippen LogP) is 4.74. The van der Waals surface area contributed by atoms with Crippen LogP contribution >= 0.6 is 8.38 Å². The van der Waals surface area contributed by atoms with E-state index < -0.39 is 8.38 Å². The van der Waals surface area contributed by atoms with Crippen molar-refractivity contribution in [1.29, 1.82) is 0 Å². The van der Waals surface area contributed by atoms with Crippen molar-refractivity contribution in [3.63, 3.8) is 0 Å². The summed E-state index contributed by atoms with van der Waals surface area (Å²) in [6.07, 6.45) is 6.49. The lowest BCUT2D eigenvalue weighted by Crippen LogP contribution is -2.06. The summed E-state index contributed by atoms with van der Waals surface area (Å²) in [5, 5.41) is 2.38. The Balaban J connectivity index is 2.11. The lowest BCUT2D eigenvalue weighted by Gasteiger charge is -2.16. The van der Waals surface area contributed by atoms with Crippen molar-refractivity contribution in [3.8, 4) is 0 Å². The fraction of sp³-hybridized carbons (Fsp3) is 0.500. The Hall–Kier alpha value is -0.890. The number of H-pyrrole nitrogens is 1. The number of hydrogen-bond donors (Lipinski definition) is 1. The van der Waals surface area contributed by atoms with E-state index in [0.717, 1.165) is 44.4 Å². The lowest BCUT2D eigenvalue weighted by atomic mass is 10.2. The maximum absolute atomic E-state index is 6.00. The molecule has 0 bridgehead atoms. The molecule has 2 aromatic rings. The molecule has 0 saturated heterocycles. The molecule has 0 aliphatic heterocycles. The summed E-state index contributed by atoms with van der Waals surface area (Å²) in [4.78, 5) is 3.31. The zero-order valence-corrected chi connectivity index (χ0v) is 13.3. The summed E-state index contributed by atoms with van der Waals surface area (Å²) in [5.41, 5.74) is 1.15. The first-order valence-corrected chi connectivity index (χ1v) is 8.66. The van der Waals surface area contributed by atoms with Gasteiger partial charge in [-0.05, 0) is 18.9 Å². The maximum Gasteiger partial charge on any atom is 0.207 e. The molecule has 3 nitrogen and oxygen atoms in total. The van der Waals surface area contributed by atoms with E-state index in [4.69, 9.17) is 9.05 Å². The van der Waals surface area contributed by atoms with E-state index in [-0.39, 0.29) is 0 Å². The molecule has 0 spiro atoms. The van der Waals surface area contributed by atoms with Gasteiger partial charge in [-0.1, -0.05) is 44.9 Å². The highest BCUT2D eigenvalue weighted by Crippen LogP contribution is 2.40. The molecule has 20 heavy (non-hydrogen) atoms. The second-order valence-electron chi connectivity index (χ2n) is 4.85. The fourth-order valence-corrected chi connectivity index (χ4v) is 3.47. The number of aromatic nitrogens is 1. The Labute approximate surface area is 122 Å². The SMILES string of the molecule is CCCCOP(OCCCC)c1c[nH]c2ccccc12. The zero-order chi connectivity index (χ0) is 14.2. The molecule has 1 aromatic carbocycles. The molecule has 0 aliphatic rings. The van der Waals surface area contributed by atoms with Gasteiger partial charge in [0.1, 0.15) is 0 Å². The summed E-state index contributed by atoms with van der Waals surface area (Å²) in [7, 11) is -0.973. The molecule has 0 saturated carbocycles. The number of unbranched alkanes of at least 4 members (excludes halogenated alkanes) is 2. The maximum atomic E-state index is 6.00. The van der Waals surface area contributed by atoms with Crippen molar-refractivity contribution >= 4 is 24.6 Å². The molecule has 2 rings (SSSR count). The number of para-hydroxylation sites is 1. The number of fused-ring (bicyclic) bond motifs is 1. The van der Waals surface area contributed by atoms with E-state index >= 15 is 0 Å². The number of benzene rings is 1. The minimum absolute atomic E-state index is 0.772. The van der Waals surface area contributed by atoms with Crippen LogP contribution in [0.5, 0.6) is 0 Å². The Morgan fingerprint density at radius 1 is 1.00 bits per heavy atom. The van der Waals surface area contributed by atoms with Crippen molar-refractivity contribution in [1.82, 2.24) is 4.98 Å². The number of aromatic amines is 1. The van der Waals surface area contributed by atoms with Gasteiger partial charge in [0.2, 0.25) is 8.38 Å². The van der Waals surface area contributed by atoms with Gasteiger partial charge in [-0.25, -0.2) is 0 Å². The number of rotatable bonds is 9. The third-order valence-corrected chi connectivity index (χ3v) is 4.77. The quantitative estimate of drug-likeness (QED) is 0.535. The Morgan fingerprint density at radius 3 is 2.30 bits per heavy atom. The van der Waals surface area contributed by atoms with Crippen molar-refractivity contribution in [2.24, 2.45) is 0 Å². The van der Waals surface area contributed by atoms with Crippen LogP contribution in [0.4, 0.5) is 0 Å². The Morgan fingerprint density at radius 2 is 1.65 bits per heavy atom. The van der Waals surface area contributed by atoms with E-state index in [1.807, 2.05) is 12.3 Å². The van der Waals surface area contributed by atoms with Crippen LogP contribution in [0, 0.1) is 0 Å². The van der Waals surface area contributed by atoms with Gasteiger partial charge in [0.05, 0.1) is 18.5 Å². The smallest absolute Gasteiger partial charge is 0.207 e. The first-order valence-electron chi connectivity index (χ1n) is 7.49. The predicted molar refractivity (Wildman–Crippen MR) is 86.6 cm³/mol. The van der Waals surface area contributed by atoms with E-state index in [9.17, 15) is 0 Å². The first kappa shape index (κ1) is 15.5. The molecule has 0 fully saturated rings. The molecular formula is C16H24NO2P. The number of nitrogens with one attached hydrogen (secondary N) is 1. The van der Waals surface area contributed by atoms with Crippen molar-refractivity contribution < 1.29 is 9.05 Å². The van der Waals surface area contributed by atoms with Gasteiger partial charge >= 0.3 is 0 Å². The molecular weight excluding hydrogens is 269 g/mol. The summed E-state index contributed by atoms with van der Waals surface area (Å²) in [6, 6.07) is 8.32. The molecule has 1 N–H and O–H groups in total. The average Bonchev–Trinajstić information content (AvgIpc) is 2.90. The minimum atomic E-state index is -0.973. The highest BCUT2D eigenvalue weighted by molar-refractivity contribution is 7.56. The van der Waals surface area contributed by atoms with Crippen molar-refractivity contribution in [2.45, 2.75) is 39.5 Å². The highest BCUT2D eigenvalue weighted by atomic mass is 31.2. The van der Waals surface area contributed by atoms with Crippen LogP contribution in [0.25, 0.3) is 10.9 Å². The Bertz CT molecular complexity index is 502. The summed E-state index contributed by atoms with van der Waals surface area (Å²) in [6.45, 7) is 5.90. The standard InChI is InChI=1S/C16H24NO2P/c1-3-5-11-18-20(19-12-6-4-2)16-13-17-15-10-8-7-9-14(15)16/h7-10,13,17H,3-6,11-12H2,1-2H3. The second kappa shape index (κ2) is 8.41. The van der Waals surface area contributed by atoms with Gasteiger partial charge < -0.3 is 14.0 Å². The third kappa shape index (κ3) is 4.05. The molecule has 0 amide bonds. The molecule has 1 heterocycles. The molecule has 110 valence electrons. The molecule has 0 radical (unpaired) electrons. The average molecular weight is 293 g/mol. The molecule has 0 atom stereocenters. The van der Waals surface area contributed by atoms with E-state index in [1.54, 1.807) is 0 Å². The van der Waals surface area contributed by atoms with Crippen LogP contribution in [0.2, 0.25) is 0 Å². The fourth-order valence-electron chi connectivity index (χ4n) is 1.97. The van der Waals surface area contributed by atoms with Crippen LogP contribution in [0.1, 0.15) is 39.5 Å². The van der Waals surface area contributed by atoms with Gasteiger partial charge in [0.25, 0.3) is 0 Å². The summed E-state index contributed by atoms with van der Waals surface area (Å²) < 4.78 is 12.0. The Kier molecular flexibility index (Phi) is 6.52. The molecule has 1 aromatic heterocycles. The first-order chi connectivity index (χ1) is 9.86. The second-order valence-corrected chi connectivity index (χ2v) is 6.36. The lowest BCUT2D eigenvalue weighted by molar-refractivity contribution is 0.250. The monoisotopic (exact) mass is 293 g/mol. The minimum Gasteiger partial charge on any atom is -0.360 e. The highest BCUT2D eigenvalue weighted by Gasteiger charge is 2.18. The van der Waals surface area contributed by atoms with Gasteiger partial charge in [0.15, 0.2) is 0 Å². The largest absolute Gasteiger partial charge is 0.360 e. The molecule has 0 aliphatic carbocycles. The van der Waals surface area contributed by atoms with Crippen molar-refractivity contribution in [3.05, 3.63) is 30.5 Å². The zero-order valence-electron chi connectivity index (χ0n) is 12.4. The van der Waals surface area contributed by atoms with Crippen LogP contribution in [-0.2, 0) is 9.05 Å². The van der Waals surface area contributed by atoms with Crippen LogP contribution in [-0.4, -0.2) is 18.2 Å². The van der Waals surface area contributed by atoms with Crippen molar-refractivity contribution in [2.75, 3.05) is 13.2 Å². The van der Waals surface area contributed by atoms with Gasteiger partial charge in [0, 0.05) is 17.1 Å². The topological polar surface area (TPSA) is 34.2 Å². The van der Waals surface area contributed by atoms with E-state index in [2.05, 4.69) is 37.0 Å². The van der Waals surface area contributed by atoms with Gasteiger partial charge in [-0.3, -0.25) is 0 Å². The molecule has 4 heteroatoms. The summed E-state index contributed by atoms with van der Waals surface area (Å²) >= 11 is 0.